The number of nitrogens with zero attached hydrogens (tertiary/aromatic N) is 2. The summed E-state index contributed by atoms with van der Waals surface area (Å²) >= 11 is 0. The molecule has 1 heterocycles. The highest BCUT2D eigenvalue weighted by molar-refractivity contribution is 5.99. The van der Waals surface area contributed by atoms with Crippen molar-refractivity contribution in [2.24, 2.45) is 0 Å². The highest BCUT2D eigenvalue weighted by atomic mass is 19.4. The predicted molar refractivity (Wildman–Crippen MR) is 236 cm³/mol. The second-order valence-electron chi connectivity index (χ2n) is 16.2. The van der Waals surface area contributed by atoms with Crippen LogP contribution in [0.1, 0.15) is 57.5 Å². The Labute approximate surface area is 375 Å². The lowest BCUT2D eigenvalue weighted by Crippen LogP contribution is -2.30. The first-order chi connectivity index (χ1) is 31.7. The van der Waals surface area contributed by atoms with Crippen LogP contribution in [0.5, 0.6) is 0 Å². The van der Waals surface area contributed by atoms with Crippen molar-refractivity contribution < 1.29 is 52.7 Å². The summed E-state index contributed by atoms with van der Waals surface area (Å²) in [4.78, 5) is 6.29. The minimum absolute atomic E-state index is 0.0141. The molecule has 1 unspecified atom stereocenters. The average molecular weight is 930 g/mol. The third-order valence-electron chi connectivity index (χ3n) is 11.9. The van der Waals surface area contributed by atoms with Crippen LogP contribution in [-0.4, -0.2) is 11.0 Å². The molecule has 6 aromatic carbocycles. The Morgan fingerprint density at radius 3 is 1.43 bits per heavy atom. The van der Waals surface area contributed by atoms with E-state index in [1.807, 2.05) is 30.4 Å². The van der Waals surface area contributed by atoms with Gasteiger partial charge < -0.3 is 14.8 Å². The molecule has 1 aromatic heterocycles. The normalized spacial score (nSPS) is 15.6. The smallest absolute Gasteiger partial charge is 0.358 e. The molecule has 15 heteroatoms. The molecule has 3 nitrogen and oxygen atoms in total. The van der Waals surface area contributed by atoms with Crippen molar-refractivity contribution in [3.05, 3.63) is 202 Å². The van der Waals surface area contributed by atoms with Gasteiger partial charge in [0.2, 0.25) is 0 Å². The fourth-order valence-electron chi connectivity index (χ4n) is 8.67. The minimum Gasteiger partial charge on any atom is -0.358 e. The maximum Gasteiger partial charge on any atom is 0.416 e. The molecule has 0 saturated carbocycles. The van der Waals surface area contributed by atoms with Crippen LogP contribution in [-0.2, 0) is 31.1 Å². The number of fused-ring (bicyclic) bond motifs is 3. The lowest BCUT2D eigenvalue weighted by Gasteiger charge is -2.34. The van der Waals surface area contributed by atoms with E-state index < -0.39 is 53.0 Å². The van der Waals surface area contributed by atoms with Crippen molar-refractivity contribution >= 4 is 56.6 Å². The van der Waals surface area contributed by atoms with Crippen molar-refractivity contribution in [3.8, 4) is 0 Å². The Kier molecular flexibility index (Phi) is 11.4. The summed E-state index contributed by atoms with van der Waals surface area (Å²) in [6.45, 7) is 0. The number of aromatic amines is 1. The van der Waals surface area contributed by atoms with Crippen molar-refractivity contribution in [2.45, 2.75) is 50.0 Å². The number of allylic oxidation sites excluding steroid dienone is 3. The zero-order chi connectivity index (χ0) is 47.5. The highest BCUT2D eigenvalue weighted by Crippen LogP contribution is 2.44. The van der Waals surface area contributed by atoms with Gasteiger partial charge in [-0.1, -0.05) is 60.7 Å². The number of hydrogen-bond acceptors (Lipinski definition) is 2. The number of rotatable bonds is 8. The van der Waals surface area contributed by atoms with Gasteiger partial charge in [0.05, 0.1) is 28.3 Å². The van der Waals surface area contributed by atoms with Gasteiger partial charge in [0.25, 0.3) is 0 Å². The number of hydrogen-bond donors (Lipinski definition) is 1. The quantitative estimate of drug-likeness (QED) is 0.153. The number of anilines is 5. The summed E-state index contributed by atoms with van der Waals surface area (Å²) in [5.41, 5.74) is 2.83. The predicted octanol–water partition coefficient (Wildman–Crippen LogP) is 16.7. The van der Waals surface area contributed by atoms with Gasteiger partial charge in [0.15, 0.2) is 0 Å². The zero-order valence-corrected chi connectivity index (χ0v) is 34.7. The van der Waals surface area contributed by atoms with Crippen LogP contribution in [0.15, 0.2) is 158 Å². The molecule has 0 bridgehead atoms. The summed E-state index contributed by atoms with van der Waals surface area (Å²) in [7, 11) is 0. The van der Waals surface area contributed by atoms with Crippen LogP contribution in [0.2, 0.25) is 0 Å². The SMILES string of the molecule is FC(F)(F)c1cccc(N(c2ccc(C3=Cc4c([nH]c5ccc(C6=CCC(N(c7cccc(C(F)(F)F)c7)c7cccc(C(F)(F)F)c7)C=C6)cc45)CC3)cc2)c2cccc(C(F)(F)F)c2)c1. The van der Waals surface area contributed by atoms with Crippen LogP contribution in [0.4, 0.5) is 81.1 Å². The fraction of sp³-hybridized carbons (Fsp3) is 0.154. The maximum absolute atomic E-state index is 13.8. The molecular weight excluding hydrogens is 895 g/mol. The molecule has 9 rings (SSSR count). The Morgan fingerprint density at radius 2 is 0.955 bits per heavy atom. The van der Waals surface area contributed by atoms with Gasteiger partial charge in [-0.3, -0.25) is 0 Å². The van der Waals surface area contributed by atoms with E-state index in [2.05, 4.69) is 4.98 Å². The van der Waals surface area contributed by atoms with Crippen molar-refractivity contribution in [1.29, 1.82) is 0 Å². The molecule has 0 saturated heterocycles. The van der Waals surface area contributed by atoms with Crippen LogP contribution < -0.4 is 9.80 Å². The van der Waals surface area contributed by atoms with Crippen molar-refractivity contribution in [1.82, 2.24) is 4.98 Å². The number of nitrogens with one attached hydrogen (secondary N) is 1. The molecule has 2 aliphatic carbocycles. The van der Waals surface area contributed by atoms with Crippen LogP contribution in [0.25, 0.3) is 28.1 Å². The molecule has 2 aliphatic rings. The van der Waals surface area contributed by atoms with E-state index in [0.29, 0.717) is 18.5 Å². The summed E-state index contributed by atoms with van der Waals surface area (Å²) < 4.78 is 166. The third-order valence-corrected chi connectivity index (χ3v) is 11.9. The van der Waals surface area contributed by atoms with E-state index in [0.717, 1.165) is 93.0 Å². The largest absolute Gasteiger partial charge is 0.416 e. The number of halogens is 12. The summed E-state index contributed by atoms with van der Waals surface area (Å²) in [6.07, 6.45) is -9.74. The number of alkyl halides is 12. The summed E-state index contributed by atoms with van der Waals surface area (Å²) in [6, 6.07) is 29.7. The van der Waals surface area contributed by atoms with Crippen LogP contribution in [0.3, 0.4) is 0 Å². The topological polar surface area (TPSA) is 22.3 Å². The molecular formula is C52H35F12N3. The Morgan fingerprint density at radius 1 is 0.478 bits per heavy atom. The lowest BCUT2D eigenvalue weighted by molar-refractivity contribution is -0.138. The highest BCUT2D eigenvalue weighted by Gasteiger charge is 2.35. The molecule has 342 valence electrons. The molecule has 7 aromatic rings. The van der Waals surface area contributed by atoms with Crippen LogP contribution >= 0.6 is 0 Å². The monoisotopic (exact) mass is 929 g/mol. The minimum atomic E-state index is -4.69. The zero-order valence-electron chi connectivity index (χ0n) is 34.7. The van der Waals surface area contributed by atoms with Crippen molar-refractivity contribution in [3.63, 3.8) is 0 Å². The Bertz CT molecular complexity index is 2960. The number of aromatic nitrogens is 1. The van der Waals surface area contributed by atoms with Gasteiger partial charge in [0.1, 0.15) is 0 Å². The molecule has 1 N–H and O–H groups in total. The molecule has 0 aliphatic heterocycles. The maximum atomic E-state index is 13.8. The van der Waals surface area contributed by atoms with Crippen molar-refractivity contribution in [2.75, 3.05) is 9.80 Å². The standard InChI is InChI=1S/C52H35F12N3/c53-49(54,55)35-5-1-9-41(27-35)66(42-10-2-6-36(28-42)50(56,57)58)39-19-13-31(14-20-39)33-17-23-47-45(25-33)46-26-34(18-24-48(46)65-47)32-15-21-40(22-16-32)67(43-11-3-7-37(29-43)51(59,60)61)44-12-4-8-38(30-44)52(62,63)64/h1-17,19,21-23,25-30,39,65H,18,20,24H2. The van der Waals surface area contributed by atoms with E-state index in [4.69, 9.17) is 0 Å². The molecule has 0 fully saturated rings. The first-order valence-electron chi connectivity index (χ1n) is 20.8. The third kappa shape index (κ3) is 9.32. The van der Waals surface area contributed by atoms with Crippen LogP contribution in [0, 0.1) is 0 Å². The molecule has 67 heavy (non-hydrogen) atoms. The number of benzene rings is 6. The van der Waals surface area contributed by atoms with E-state index >= 15 is 0 Å². The van der Waals surface area contributed by atoms with Gasteiger partial charge in [-0.05, 0) is 145 Å². The van der Waals surface area contributed by atoms with Gasteiger partial charge in [-0.15, -0.1) is 0 Å². The first kappa shape index (κ1) is 45.0. The summed E-state index contributed by atoms with van der Waals surface area (Å²) in [5, 5.41) is 0.896. The first-order valence-corrected chi connectivity index (χ1v) is 20.8. The molecule has 1 atom stereocenters. The number of H-pyrrole nitrogens is 1. The van der Waals surface area contributed by atoms with Gasteiger partial charge in [-0.25, -0.2) is 0 Å². The molecule has 0 amide bonds. The van der Waals surface area contributed by atoms with Gasteiger partial charge in [-0.2, -0.15) is 52.7 Å². The average Bonchev–Trinajstić information content (AvgIpc) is 3.66. The van der Waals surface area contributed by atoms with Gasteiger partial charge in [0, 0.05) is 50.6 Å². The van der Waals surface area contributed by atoms with E-state index in [1.165, 1.54) is 58.3 Å². The lowest BCUT2D eigenvalue weighted by atomic mass is 9.90. The fourth-order valence-corrected chi connectivity index (χ4v) is 8.67. The Balaban J connectivity index is 1.01. The van der Waals surface area contributed by atoms with E-state index in [9.17, 15) is 52.7 Å². The Hall–Kier alpha value is -7.16. The molecule has 0 spiro atoms. The summed E-state index contributed by atoms with van der Waals surface area (Å²) in [5.74, 6) is 0. The number of aryl methyl sites for hydroxylation is 1. The second kappa shape index (κ2) is 16.9. The second-order valence-corrected chi connectivity index (χ2v) is 16.2. The molecule has 0 radical (unpaired) electrons. The van der Waals surface area contributed by atoms with E-state index in [1.54, 1.807) is 36.4 Å². The van der Waals surface area contributed by atoms with E-state index in [-0.39, 0.29) is 29.2 Å². The van der Waals surface area contributed by atoms with Gasteiger partial charge >= 0.3 is 24.7 Å².